The highest BCUT2D eigenvalue weighted by atomic mass is 16.6. The van der Waals surface area contributed by atoms with E-state index in [-0.39, 0.29) is 37.5 Å². The van der Waals surface area contributed by atoms with Gasteiger partial charge in [0.1, 0.15) is 13.2 Å². The summed E-state index contributed by atoms with van der Waals surface area (Å²) in [6.07, 6.45) is 86.7. The molecule has 0 aromatic carbocycles. The zero-order valence-electron chi connectivity index (χ0n) is 49.7. The molecule has 0 radical (unpaired) electrons. The van der Waals surface area contributed by atoms with Crippen LogP contribution in [0.4, 0.5) is 0 Å². The average molecular weight is 1060 g/mol. The van der Waals surface area contributed by atoms with Crippen LogP contribution in [0.3, 0.4) is 0 Å². The molecule has 0 aromatic heterocycles. The Morgan fingerprint density at radius 2 is 0.513 bits per heavy atom. The van der Waals surface area contributed by atoms with Crippen molar-refractivity contribution in [3.63, 3.8) is 0 Å². The first-order chi connectivity index (χ1) is 37.5. The average Bonchev–Trinajstić information content (AvgIpc) is 3.42. The van der Waals surface area contributed by atoms with Crippen LogP contribution >= 0.6 is 0 Å². The third-order valence-corrected chi connectivity index (χ3v) is 13.5. The first-order valence-electron chi connectivity index (χ1n) is 31.9. The fraction of sp³-hybridized carbons (Fsp3) is 0.700. The SMILES string of the molecule is CC/C=C\C/C=C\C/C=C\C/C=C\C/C=C\CCCCCC(=O)OC(COC(=O)CCCCCCC/C=C\CCCCC)COC(=O)CCCCCCCCCCCCCC/C=C\C/C=C\C/C=C\CCCCCCC. The lowest BCUT2D eigenvalue weighted by Gasteiger charge is -2.18. The van der Waals surface area contributed by atoms with Crippen molar-refractivity contribution in [1.29, 1.82) is 0 Å². The highest BCUT2D eigenvalue weighted by molar-refractivity contribution is 5.71. The van der Waals surface area contributed by atoms with Crippen LogP contribution in [0.5, 0.6) is 0 Å². The van der Waals surface area contributed by atoms with Crippen LogP contribution in [-0.4, -0.2) is 37.2 Å². The highest BCUT2D eigenvalue weighted by Gasteiger charge is 2.19. The fourth-order valence-corrected chi connectivity index (χ4v) is 8.71. The van der Waals surface area contributed by atoms with Gasteiger partial charge in [0.2, 0.25) is 0 Å². The van der Waals surface area contributed by atoms with Gasteiger partial charge >= 0.3 is 17.9 Å². The van der Waals surface area contributed by atoms with Gasteiger partial charge in [-0.05, 0) is 128 Å². The normalized spacial score (nSPS) is 12.8. The third kappa shape index (κ3) is 60.9. The van der Waals surface area contributed by atoms with Gasteiger partial charge in [0, 0.05) is 19.3 Å². The van der Waals surface area contributed by atoms with Gasteiger partial charge in [-0.1, -0.05) is 259 Å². The van der Waals surface area contributed by atoms with E-state index in [4.69, 9.17) is 14.2 Å². The Kier molecular flexibility index (Phi) is 60.3. The van der Waals surface area contributed by atoms with Crippen molar-refractivity contribution in [3.8, 4) is 0 Å². The maximum absolute atomic E-state index is 12.9. The van der Waals surface area contributed by atoms with Gasteiger partial charge in [0.05, 0.1) is 0 Å². The molecule has 1 unspecified atom stereocenters. The number of ether oxygens (including phenoxy) is 3. The van der Waals surface area contributed by atoms with Gasteiger partial charge in [-0.25, -0.2) is 0 Å². The zero-order chi connectivity index (χ0) is 55.0. The number of esters is 3. The van der Waals surface area contributed by atoms with Gasteiger partial charge in [-0.2, -0.15) is 0 Å². The van der Waals surface area contributed by atoms with E-state index in [0.717, 1.165) is 122 Å². The van der Waals surface area contributed by atoms with Crippen molar-refractivity contribution in [2.45, 2.75) is 303 Å². The molecular formula is C70H118O6. The maximum atomic E-state index is 12.9. The van der Waals surface area contributed by atoms with Crippen molar-refractivity contribution >= 4 is 17.9 Å². The van der Waals surface area contributed by atoms with Crippen molar-refractivity contribution in [2.24, 2.45) is 0 Å². The molecule has 0 heterocycles. The second kappa shape index (κ2) is 63.6. The second-order valence-corrected chi connectivity index (χ2v) is 20.9. The monoisotopic (exact) mass is 1050 g/mol. The predicted molar refractivity (Wildman–Crippen MR) is 330 cm³/mol. The van der Waals surface area contributed by atoms with Gasteiger partial charge < -0.3 is 14.2 Å². The number of carbonyl (C=O) groups is 3. The minimum Gasteiger partial charge on any atom is -0.462 e. The van der Waals surface area contributed by atoms with E-state index in [9.17, 15) is 14.4 Å². The van der Waals surface area contributed by atoms with Gasteiger partial charge in [-0.3, -0.25) is 14.4 Å². The summed E-state index contributed by atoms with van der Waals surface area (Å²) in [5.74, 6) is -0.934. The topological polar surface area (TPSA) is 78.9 Å². The highest BCUT2D eigenvalue weighted by Crippen LogP contribution is 2.15. The van der Waals surface area contributed by atoms with Gasteiger partial charge in [0.25, 0.3) is 0 Å². The first kappa shape index (κ1) is 72.1. The summed E-state index contributed by atoms with van der Waals surface area (Å²) in [7, 11) is 0. The smallest absolute Gasteiger partial charge is 0.306 e. The van der Waals surface area contributed by atoms with E-state index in [1.165, 1.54) is 135 Å². The molecule has 6 nitrogen and oxygen atoms in total. The minimum absolute atomic E-state index is 0.0956. The lowest BCUT2D eigenvalue weighted by Crippen LogP contribution is -2.30. The van der Waals surface area contributed by atoms with Crippen LogP contribution < -0.4 is 0 Å². The summed E-state index contributed by atoms with van der Waals surface area (Å²) in [4.78, 5) is 38.2. The predicted octanol–water partition coefficient (Wildman–Crippen LogP) is 21.8. The molecule has 0 aromatic rings. The standard InChI is InChI=1S/C70H118O6/c1-4-7-10-13-16-19-22-25-27-29-31-32-33-34-35-36-37-38-40-41-43-45-48-51-54-57-60-63-69(72)75-66-67(65-74-68(71)62-59-56-53-50-47-24-21-18-15-12-9-6-3)76-70(73)64-61-58-55-52-49-46-44-42-39-30-28-26-23-20-17-14-11-8-5-2/h8,11,17-18,20-22,25-26,28-29,31,33-34,39,42,46,49,67H,4-7,9-10,12-16,19,23-24,27,30,32,35-38,40-41,43-45,47-48,50-66H2,1-3H3/b11-8-,20-17-,21-18-,25-22-,28-26-,31-29-,34-33-,42-39-,49-46-. The zero-order valence-corrected chi connectivity index (χ0v) is 49.7. The summed E-state index contributed by atoms with van der Waals surface area (Å²) in [6, 6.07) is 0. The van der Waals surface area contributed by atoms with E-state index < -0.39 is 6.10 Å². The van der Waals surface area contributed by atoms with Crippen molar-refractivity contribution in [3.05, 3.63) is 109 Å². The molecular weight excluding hydrogens is 937 g/mol. The Balaban J connectivity index is 4.33. The summed E-state index contributed by atoms with van der Waals surface area (Å²) in [6.45, 7) is 6.47. The Morgan fingerprint density at radius 1 is 0.276 bits per heavy atom. The minimum atomic E-state index is -0.802. The quantitative estimate of drug-likeness (QED) is 0.0261. The number of rotatable bonds is 57. The van der Waals surface area contributed by atoms with Gasteiger partial charge in [-0.15, -0.1) is 0 Å². The molecule has 0 N–H and O–H groups in total. The van der Waals surface area contributed by atoms with E-state index in [0.29, 0.717) is 12.8 Å². The van der Waals surface area contributed by atoms with E-state index >= 15 is 0 Å². The summed E-state index contributed by atoms with van der Waals surface area (Å²) in [5, 5.41) is 0. The molecule has 6 heteroatoms. The number of hydrogen-bond donors (Lipinski definition) is 0. The Hall–Kier alpha value is -3.93. The second-order valence-electron chi connectivity index (χ2n) is 20.9. The number of unbranched alkanes of at least 4 members (excludes halogenated alkanes) is 28. The first-order valence-corrected chi connectivity index (χ1v) is 31.9. The van der Waals surface area contributed by atoms with E-state index in [1.54, 1.807) is 0 Å². The van der Waals surface area contributed by atoms with Gasteiger partial charge in [0.15, 0.2) is 6.10 Å². The van der Waals surface area contributed by atoms with Crippen molar-refractivity contribution < 1.29 is 28.6 Å². The van der Waals surface area contributed by atoms with Crippen LogP contribution in [0.15, 0.2) is 109 Å². The van der Waals surface area contributed by atoms with Crippen molar-refractivity contribution in [2.75, 3.05) is 13.2 Å². The molecule has 0 aliphatic carbocycles. The lowest BCUT2D eigenvalue weighted by atomic mass is 10.0. The van der Waals surface area contributed by atoms with Crippen LogP contribution in [0.2, 0.25) is 0 Å². The molecule has 0 aliphatic heterocycles. The molecule has 0 saturated carbocycles. The number of hydrogen-bond acceptors (Lipinski definition) is 6. The fourth-order valence-electron chi connectivity index (χ4n) is 8.71. The molecule has 0 rings (SSSR count). The Bertz CT molecular complexity index is 1540. The molecule has 434 valence electrons. The molecule has 0 fully saturated rings. The molecule has 76 heavy (non-hydrogen) atoms. The largest absolute Gasteiger partial charge is 0.462 e. The Labute approximate surface area is 470 Å². The molecule has 0 bridgehead atoms. The van der Waals surface area contributed by atoms with E-state index in [1.807, 2.05) is 0 Å². The summed E-state index contributed by atoms with van der Waals surface area (Å²) < 4.78 is 16.9. The summed E-state index contributed by atoms with van der Waals surface area (Å²) >= 11 is 0. The van der Waals surface area contributed by atoms with Crippen LogP contribution in [0, 0.1) is 0 Å². The number of allylic oxidation sites excluding steroid dienone is 18. The van der Waals surface area contributed by atoms with Crippen LogP contribution in [0.1, 0.15) is 297 Å². The molecule has 0 spiro atoms. The molecule has 1 atom stereocenters. The van der Waals surface area contributed by atoms with E-state index in [2.05, 4.69) is 130 Å². The number of carbonyl (C=O) groups excluding carboxylic acids is 3. The molecule has 0 saturated heterocycles. The molecule has 0 amide bonds. The van der Waals surface area contributed by atoms with Crippen LogP contribution in [-0.2, 0) is 28.6 Å². The molecule has 0 aliphatic rings. The lowest BCUT2D eigenvalue weighted by molar-refractivity contribution is -0.167. The third-order valence-electron chi connectivity index (χ3n) is 13.5. The summed E-state index contributed by atoms with van der Waals surface area (Å²) in [5.41, 5.74) is 0. The van der Waals surface area contributed by atoms with Crippen molar-refractivity contribution in [1.82, 2.24) is 0 Å². The Morgan fingerprint density at radius 3 is 0.855 bits per heavy atom. The van der Waals surface area contributed by atoms with Crippen LogP contribution in [0.25, 0.3) is 0 Å². The maximum Gasteiger partial charge on any atom is 0.306 e.